The van der Waals surface area contributed by atoms with Gasteiger partial charge in [-0.3, -0.25) is 0 Å². The molecule has 1 rings (SSSR count). The Balaban J connectivity index is 2.31. The van der Waals surface area contributed by atoms with Crippen molar-refractivity contribution in [1.29, 1.82) is 0 Å². The second-order valence-electron chi connectivity index (χ2n) is 3.24. The molecule has 4 heteroatoms. The maximum absolute atomic E-state index is 11.2. The van der Waals surface area contributed by atoms with Gasteiger partial charge in [0, 0.05) is 11.2 Å². The summed E-state index contributed by atoms with van der Waals surface area (Å²) in [5.41, 5.74) is 0. The Morgan fingerprint density at radius 3 is 2.67 bits per heavy atom. The molecule has 0 spiro atoms. The van der Waals surface area contributed by atoms with Gasteiger partial charge in [0.2, 0.25) is 0 Å². The lowest BCUT2D eigenvalue weighted by atomic mass is 10.2. The van der Waals surface area contributed by atoms with E-state index in [1.54, 1.807) is 24.3 Å². The Morgan fingerprint density at radius 1 is 1.40 bits per heavy atom. The molecule has 0 aliphatic heterocycles. The number of hydrogen-bond donors (Lipinski definition) is 0. The van der Waals surface area contributed by atoms with Gasteiger partial charge in [-0.05, 0) is 12.1 Å². The third-order valence-electron chi connectivity index (χ3n) is 1.69. The summed E-state index contributed by atoms with van der Waals surface area (Å²) in [5, 5.41) is 0.797. The van der Waals surface area contributed by atoms with Crippen LogP contribution in [0.25, 0.3) is 0 Å². The van der Waals surface area contributed by atoms with E-state index in [1.165, 1.54) is 0 Å². The number of benzene rings is 1. The number of carbonyl (C=O) groups is 1. The van der Waals surface area contributed by atoms with Crippen molar-refractivity contribution in [3.63, 3.8) is 0 Å². The van der Waals surface area contributed by atoms with Crippen LogP contribution in [0.2, 0.25) is 0 Å². The van der Waals surface area contributed by atoms with E-state index in [2.05, 4.69) is 15.9 Å². The van der Waals surface area contributed by atoms with Crippen LogP contribution in [0.4, 0.5) is 4.79 Å². The molecule has 0 bridgehead atoms. The fourth-order valence-corrected chi connectivity index (χ4v) is 1.06. The number of alkyl halides is 1. The van der Waals surface area contributed by atoms with Gasteiger partial charge >= 0.3 is 6.16 Å². The van der Waals surface area contributed by atoms with E-state index in [9.17, 15) is 4.79 Å². The average molecular weight is 273 g/mol. The van der Waals surface area contributed by atoms with Crippen molar-refractivity contribution < 1.29 is 14.3 Å². The molecule has 1 aromatic rings. The average Bonchev–Trinajstić information content (AvgIpc) is 2.27. The zero-order valence-electron chi connectivity index (χ0n) is 8.48. The van der Waals surface area contributed by atoms with Gasteiger partial charge in [0.1, 0.15) is 5.75 Å². The van der Waals surface area contributed by atoms with Crippen LogP contribution in [0.3, 0.4) is 0 Å². The van der Waals surface area contributed by atoms with Gasteiger partial charge in [0.25, 0.3) is 0 Å². The quantitative estimate of drug-likeness (QED) is 0.480. The first-order valence-corrected chi connectivity index (χ1v) is 5.80. The highest BCUT2D eigenvalue weighted by Crippen LogP contribution is 2.09. The monoisotopic (exact) mass is 272 g/mol. The highest BCUT2D eigenvalue weighted by Gasteiger charge is 2.08. The molecule has 15 heavy (non-hydrogen) atoms. The van der Waals surface area contributed by atoms with Gasteiger partial charge in [-0.25, -0.2) is 4.79 Å². The van der Waals surface area contributed by atoms with Crippen molar-refractivity contribution in [2.45, 2.75) is 6.92 Å². The lowest BCUT2D eigenvalue weighted by Gasteiger charge is -2.08. The first-order chi connectivity index (χ1) is 7.22. The minimum atomic E-state index is -0.658. The van der Waals surface area contributed by atoms with Gasteiger partial charge in [-0.15, -0.1) is 0 Å². The molecule has 1 unspecified atom stereocenters. The van der Waals surface area contributed by atoms with Gasteiger partial charge in [-0.2, -0.15) is 0 Å². The Bertz CT molecular complexity index is 300. The summed E-state index contributed by atoms with van der Waals surface area (Å²) in [6.07, 6.45) is -0.658. The van der Waals surface area contributed by atoms with Crippen LogP contribution in [-0.2, 0) is 4.74 Å². The molecule has 1 aromatic carbocycles. The van der Waals surface area contributed by atoms with Crippen LogP contribution >= 0.6 is 15.9 Å². The Kier molecular flexibility index (Phi) is 5.18. The third-order valence-corrected chi connectivity index (χ3v) is 2.80. The lowest BCUT2D eigenvalue weighted by molar-refractivity contribution is 0.0893. The lowest BCUT2D eigenvalue weighted by Crippen LogP contribution is -2.16. The molecule has 0 aromatic heterocycles. The minimum Gasteiger partial charge on any atom is -0.434 e. The Morgan fingerprint density at radius 2 is 2.07 bits per heavy atom. The van der Waals surface area contributed by atoms with Crippen molar-refractivity contribution >= 4 is 22.1 Å². The second kappa shape index (κ2) is 6.45. The zero-order chi connectivity index (χ0) is 11.1. The second-order valence-corrected chi connectivity index (χ2v) is 3.88. The molecule has 0 heterocycles. The summed E-state index contributed by atoms with van der Waals surface area (Å²) < 4.78 is 9.84. The van der Waals surface area contributed by atoms with Gasteiger partial charge in [0.15, 0.2) is 0 Å². The van der Waals surface area contributed by atoms with Crippen LogP contribution < -0.4 is 4.74 Å². The molecule has 0 aliphatic carbocycles. The molecule has 0 radical (unpaired) electrons. The van der Waals surface area contributed by atoms with Crippen molar-refractivity contribution in [2.75, 3.05) is 11.9 Å². The van der Waals surface area contributed by atoms with E-state index in [1.807, 2.05) is 13.0 Å². The molecule has 0 aliphatic rings. The van der Waals surface area contributed by atoms with Crippen LogP contribution in [-0.4, -0.2) is 18.1 Å². The minimum absolute atomic E-state index is 0.285. The van der Waals surface area contributed by atoms with Crippen molar-refractivity contribution in [3.8, 4) is 5.75 Å². The van der Waals surface area contributed by atoms with E-state index >= 15 is 0 Å². The van der Waals surface area contributed by atoms with Crippen molar-refractivity contribution in [1.82, 2.24) is 0 Å². The summed E-state index contributed by atoms with van der Waals surface area (Å²) in [7, 11) is 0. The molecule has 3 nitrogen and oxygen atoms in total. The van der Waals surface area contributed by atoms with E-state index in [0.717, 1.165) is 5.33 Å². The van der Waals surface area contributed by atoms with Crippen LogP contribution in [0.1, 0.15) is 6.92 Å². The van der Waals surface area contributed by atoms with E-state index in [4.69, 9.17) is 9.47 Å². The molecular weight excluding hydrogens is 260 g/mol. The first-order valence-electron chi connectivity index (χ1n) is 4.68. The maximum Gasteiger partial charge on any atom is 0.513 e. The predicted molar refractivity (Wildman–Crippen MR) is 61.4 cm³/mol. The Hall–Kier alpha value is -1.03. The van der Waals surface area contributed by atoms with Gasteiger partial charge in [-0.1, -0.05) is 41.1 Å². The zero-order valence-corrected chi connectivity index (χ0v) is 10.1. The van der Waals surface area contributed by atoms with E-state index < -0.39 is 6.16 Å². The first kappa shape index (κ1) is 12.0. The fraction of sp³-hybridized carbons (Fsp3) is 0.364. The van der Waals surface area contributed by atoms with Crippen molar-refractivity contribution in [3.05, 3.63) is 30.3 Å². The normalized spacial score (nSPS) is 11.9. The SMILES string of the molecule is CC(CBr)COC(=O)Oc1ccccc1. The molecule has 1 atom stereocenters. The summed E-state index contributed by atoms with van der Waals surface area (Å²) in [6.45, 7) is 2.33. The standard InChI is InChI=1S/C11H13BrO3/c1-9(7-12)8-14-11(13)15-10-5-3-2-4-6-10/h2-6,9H,7-8H2,1H3. The van der Waals surface area contributed by atoms with E-state index in [-0.39, 0.29) is 5.92 Å². The number of carbonyl (C=O) groups excluding carboxylic acids is 1. The molecule has 0 saturated carbocycles. The number of halogens is 1. The van der Waals surface area contributed by atoms with Gasteiger partial charge in [0.05, 0.1) is 6.61 Å². The maximum atomic E-state index is 11.2. The molecule has 0 N–H and O–H groups in total. The third kappa shape index (κ3) is 4.83. The number of rotatable bonds is 4. The summed E-state index contributed by atoms with van der Waals surface area (Å²) in [6, 6.07) is 8.85. The Labute approximate surface area is 97.5 Å². The topological polar surface area (TPSA) is 35.5 Å². The number of para-hydroxylation sites is 1. The highest BCUT2D eigenvalue weighted by molar-refractivity contribution is 9.09. The van der Waals surface area contributed by atoms with Crippen molar-refractivity contribution in [2.24, 2.45) is 5.92 Å². The summed E-state index contributed by atoms with van der Waals surface area (Å²) in [5.74, 6) is 0.780. The molecule has 0 fully saturated rings. The van der Waals surface area contributed by atoms with Crippen LogP contribution in [0.15, 0.2) is 30.3 Å². The van der Waals surface area contributed by atoms with E-state index in [0.29, 0.717) is 12.4 Å². The fourth-order valence-electron chi connectivity index (χ4n) is 0.869. The van der Waals surface area contributed by atoms with Crippen LogP contribution in [0, 0.1) is 5.92 Å². The molecule has 0 amide bonds. The largest absolute Gasteiger partial charge is 0.513 e. The number of ether oxygens (including phenoxy) is 2. The summed E-state index contributed by atoms with van der Waals surface area (Å²) in [4.78, 5) is 11.2. The highest BCUT2D eigenvalue weighted by atomic mass is 79.9. The number of hydrogen-bond acceptors (Lipinski definition) is 3. The molecule has 82 valence electrons. The smallest absolute Gasteiger partial charge is 0.434 e. The van der Waals surface area contributed by atoms with Gasteiger partial charge < -0.3 is 9.47 Å². The summed E-state index contributed by atoms with van der Waals surface area (Å²) >= 11 is 3.30. The molecular formula is C11H13BrO3. The predicted octanol–water partition coefficient (Wildman–Crippen LogP) is 3.23. The molecule has 0 saturated heterocycles. The van der Waals surface area contributed by atoms with Crippen LogP contribution in [0.5, 0.6) is 5.75 Å².